The van der Waals surface area contributed by atoms with Gasteiger partial charge in [-0.25, -0.2) is 24.1 Å². The number of hydrogen-bond donors (Lipinski definition) is 2. The molecule has 0 atom stereocenters. The van der Waals surface area contributed by atoms with Gasteiger partial charge in [0.15, 0.2) is 11.5 Å². The monoisotopic (exact) mass is 545 g/mol. The van der Waals surface area contributed by atoms with Gasteiger partial charge in [-0.1, -0.05) is 12.1 Å². The van der Waals surface area contributed by atoms with Gasteiger partial charge in [-0.3, -0.25) is 4.79 Å². The van der Waals surface area contributed by atoms with Crippen LogP contribution >= 0.6 is 0 Å². The van der Waals surface area contributed by atoms with Gasteiger partial charge in [-0.2, -0.15) is 4.98 Å². The molecule has 0 aliphatic carbocycles. The molecule has 1 amide bonds. The summed E-state index contributed by atoms with van der Waals surface area (Å²) in [7, 11) is 0. The molecule has 1 aliphatic heterocycles. The van der Waals surface area contributed by atoms with E-state index >= 15 is 0 Å². The molecular weight excluding hydrogens is 510 g/mol. The van der Waals surface area contributed by atoms with Gasteiger partial charge < -0.3 is 20.1 Å². The van der Waals surface area contributed by atoms with Crippen LogP contribution < -0.4 is 10.9 Å². The highest BCUT2D eigenvalue weighted by Crippen LogP contribution is 2.26. The van der Waals surface area contributed by atoms with Crippen LogP contribution in [0.2, 0.25) is 0 Å². The molecule has 2 N–H and O–H groups in total. The Morgan fingerprint density at radius 2 is 1.88 bits per heavy atom. The van der Waals surface area contributed by atoms with Crippen LogP contribution in [-0.2, 0) is 29.8 Å². The number of carbonyl (C=O) groups is 1. The van der Waals surface area contributed by atoms with Crippen molar-refractivity contribution in [1.29, 1.82) is 0 Å². The third-order valence-corrected chi connectivity index (χ3v) is 6.68. The van der Waals surface area contributed by atoms with Crippen molar-refractivity contribution in [3.05, 3.63) is 69.8 Å². The number of fused-ring (bicyclic) bond motifs is 2. The maximum absolute atomic E-state index is 13.1. The van der Waals surface area contributed by atoms with Gasteiger partial charge in [-0.05, 0) is 83.4 Å². The Labute approximate surface area is 232 Å². The highest BCUT2D eigenvalue weighted by Gasteiger charge is 2.26. The van der Waals surface area contributed by atoms with Gasteiger partial charge in [0.25, 0.3) is 5.56 Å². The molecule has 0 spiro atoms. The quantitative estimate of drug-likeness (QED) is 0.381. The molecule has 0 radical (unpaired) electrons. The predicted molar refractivity (Wildman–Crippen MR) is 152 cm³/mol. The lowest BCUT2D eigenvalue weighted by atomic mass is 9.99. The minimum atomic E-state index is -1.14. The second-order valence-corrected chi connectivity index (χ2v) is 11.5. The number of aliphatic hydroxyl groups is 1. The Hall–Kier alpha value is -4.25. The number of carbonyl (C=O) groups excluding carboxylic acids is 1. The van der Waals surface area contributed by atoms with Crippen LogP contribution in [0.3, 0.4) is 0 Å². The fraction of sp³-hybridized carbons (Fsp3) is 0.414. The Morgan fingerprint density at radius 1 is 1.10 bits per heavy atom. The van der Waals surface area contributed by atoms with Crippen molar-refractivity contribution in [3.8, 4) is 5.82 Å². The number of nitrogens with zero attached hydrogens (tertiary/aromatic N) is 6. The van der Waals surface area contributed by atoms with Crippen molar-refractivity contribution < 1.29 is 14.6 Å². The summed E-state index contributed by atoms with van der Waals surface area (Å²) in [6.45, 7) is 12.2. The minimum Gasteiger partial charge on any atom is -0.444 e. The van der Waals surface area contributed by atoms with E-state index in [-0.39, 0.29) is 11.7 Å². The van der Waals surface area contributed by atoms with Crippen molar-refractivity contribution >= 4 is 28.8 Å². The molecule has 1 aromatic carbocycles. The topological polar surface area (TPSA) is 127 Å². The number of anilines is 2. The fourth-order valence-corrected chi connectivity index (χ4v) is 4.73. The second kappa shape index (κ2) is 10.1. The lowest BCUT2D eigenvalue weighted by molar-refractivity contribution is 0.0224. The average molecular weight is 546 g/mol. The predicted octanol–water partition coefficient (Wildman–Crippen LogP) is 4.26. The van der Waals surface area contributed by atoms with E-state index < -0.39 is 11.2 Å². The van der Waals surface area contributed by atoms with Crippen LogP contribution in [0.5, 0.6) is 0 Å². The number of pyridine rings is 1. The zero-order chi connectivity index (χ0) is 28.8. The molecule has 0 bridgehead atoms. The summed E-state index contributed by atoms with van der Waals surface area (Å²) in [4.78, 5) is 41.1. The second-order valence-electron chi connectivity index (χ2n) is 11.5. The lowest BCUT2D eigenvalue weighted by Crippen LogP contribution is -2.39. The Kier molecular flexibility index (Phi) is 6.87. The number of ether oxygens (including phenoxy) is 1. The summed E-state index contributed by atoms with van der Waals surface area (Å²) < 4.78 is 8.74. The number of benzene rings is 1. The third-order valence-electron chi connectivity index (χ3n) is 6.68. The molecule has 5 rings (SSSR count). The Bertz CT molecular complexity index is 1640. The molecule has 4 aromatic rings. The summed E-state index contributed by atoms with van der Waals surface area (Å²) in [5, 5.41) is 14.1. The Balaban J connectivity index is 1.45. The first-order valence-electron chi connectivity index (χ1n) is 13.4. The molecule has 11 nitrogen and oxygen atoms in total. The van der Waals surface area contributed by atoms with Gasteiger partial charge >= 0.3 is 6.09 Å². The molecule has 210 valence electrons. The summed E-state index contributed by atoms with van der Waals surface area (Å²) >= 11 is 0. The molecule has 1 aliphatic rings. The number of aromatic nitrogens is 5. The van der Waals surface area contributed by atoms with E-state index in [1.165, 1.54) is 6.20 Å². The van der Waals surface area contributed by atoms with Crippen molar-refractivity contribution in [2.24, 2.45) is 0 Å². The van der Waals surface area contributed by atoms with Crippen LogP contribution in [0.25, 0.3) is 16.9 Å². The first-order chi connectivity index (χ1) is 18.8. The SMILES string of the molecule is CCn1c(=O)c2cnc(Nc3ccc4c(c3)CCN(C(=O)OC(C)(C)C)C4)nc2n1-c1cccc(C(C)(C)O)n1. The summed E-state index contributed by atoms with van der Waals surface area (Å²) in [5.41, 5.74) is 1.98. The molecule has 0 saturated carbocycles. The first kappa shape index (κ1) is 27.3. The van der Waals surface area contributed by atoms with Crippen molar-refractivity contribution in [2.45, 2.75) is 72.3 Å². The average Bonchev–Trinajstić information content (AvgIpc) is 3.17. The van der Waals surface area contributed by atoms with Crippen LogP contribution in [0, 0.1) is 0 Å². The summed E-state index contributed by atoms with van der Waals surface area (Å²) in [6.07, 6.45) is 1.91. The number of amides is 1. The van der Waals surface area contributed by atoms with Gasteiger partial charge in [0, 0.05) is 31.5 Å². The zero-order valence-electron chi connectivity index (χ0n) is 23.7. The van der Waals surface area contributed by atoms with Gasteiger partial charge in [0.1, 0.15) is 16.6 Å². The van der Waals surface area contributed by atoms with E-state index in [0.717, 1.165) is 16.8 Å². The highest BCUT2D eigenvalue weighted by atomic mass is 16.6. The number of rotatable bonds is 5. The van der Waals surface area contributed by atoms with Crippen LogP contribution in [-0.4, -0.2) is 52.6 Å². The van der Waals surface area contributed by atoms with Crippen LogP contribution in [0.1, 0.15) is 58.4 Å². The van der Waals surface area contributed by atoms with Crippen molar-refractivity contribution in [1.82, 2.24) is 29.2 Å². The van der Waals surface area contributed by atoms with Crippen molar-refractivity contribution in [2.75, 3.05) is 11.9 Å². The molecule has 11 heteroatoms. The van der Waals surface area contributed by atoms with Gasteiger partial charge in [0.2, 0.25) is 5.95 Å². The lowest BCUT2D eigenvalue weighted by Gasteiger charge is -2.31. The largest absolute Gasteiger partial charge is 0.444 e. The Morgan fingerprint density at radius 3 is 2.58 bits per heavy atom. The summed E-state index contributed by atoms with van der Waals surface area (Å²) in [6, 6.07) is 11.3. The smallest absolute Gasteiger partial charge is 0.410 e. The molecule has 40 heavy (non-hydrogen) atoms. The van der Waals surface area contributed by atoms with E-state index in [4.69, 9.17) is 9.72 Å². The van der Waals surface area contributed by atoms with E-state index in [1.54, 1.807) is 46.3 Å². The van der Waals surface area contributed by atoms with E-state index in [0.29, 0.717) is 54.5 Å². The van der Waals surface area contributed by atoms with Crippen molar-refractivity contribution in [3.63, 3.8) is 0 Å². The first-order valence-corrected chi connectivity index (χ1v) is 13.4. The summed E-state index contributed by atoms with van der Waals surface area (Å²) in [5.74, 6) is 0.806. The fourth-order valence-electron chi connectivity index (χ4n) is 4.73. The van der Waals surface area contributed by atoms with E-state index in [9.17, 15) is 14.7 Å². The molecule has 0 saturated heterocycles. The van der Waals surface area contributed by atoms with E-state index in [1.807, 2.05) is 45.9 Å². The molecular formula is C29H35N7O4. The molecule has 0 unspecified atom stereocenters. The molecule has 4 heterocycles. The minimum absolute atomic E-state index is 0.220. The normalized spacial score (nSPS) is 13.8. The third kappa shape index (κ3) is 5.42. The van der Waals surface area contributed by atoms with Gasteiger partial charge in [-0.15, -0.1) is 0 Å². The van der Waals surface area contributed by atoms with E-state index in [2.05, 4.69) is 15.3 Å². The number of nitrogens with one attached hydrogen (secondary N) is 1. The van der Waals surface area contributed by atoms with Crippen LogP contribution in [0.15, 0.2) is 47.4 Å². The highest BCUT2D eigenvalue weighted by molar-refractivity contribution is 5.77. The van der Waals surface area contributed by atoms with Crippen LogP contribution in [0.4, 0.5) is 16.4 Å². The maximum Gasteiger partial charge on any atom is 0.410 e. The standard InChI is InChI=1S/C29H35N7O4/c1-7-35-25(37)21-16-30-26(33-24(21)36(35)23-10-8-9-22(32-23)29(5,6)39)31-20-12-11-19-17-34(14-13-18(19)15-20)27(38)40-28(2,3)4/h8-12,15-16,39H,7,13-14,17H2,1-6H3,(H,30,31,33). The molecule has 0 fully saturated rings. The van der Waals surface area contributed by atoms with Gasteiger partial charge in [0.05, 0.1) is 5.69 Å². The zero-order valence-corrected chi connectivity index (χ0v) is 23.7. The number of hydrogen-bond acceptors (Lipinski definition) is 8. The maximum atomic E-state index is 13.1. The molecule has 3 aromatic heterocycles.